The Morgan fingerprint density at radius 1 is 1.26 bits per heavy atom. The van der Waals surface area contributed by atoms with E-state index in [-0.39, 0.29) is 16.5 Å². The van der Waals surface area contributed by atoms with E-state index in [1.165, 1.54) is 5.56 Å². The lowest BCUT2D eigenvalue weighted by molar-refractivity contribution is -0.129. The zero-order valence-corrected chi connectivity index (χ0v) is 14.1. The molecule has 23 heavy (non-hydrogen) atoms. The van der Waals surface area contributed by atoms with Gasteiger partial charge in [0.15, 0.2) is 0 Å². The molecule has 1 aromatic carbocycles. The number of thioether (sulfide) groups is 1. The van der Waals surface area contributed by atoms with Gasteiger partial charge in [0.1, 0.15) is 11.1 Å². The summed E-state index contributed by atoms with van der Waals surface area (Å²) in [5, 5.41) is 0.0560. The molecule has 3 rings (SSSR count). The number of hydrogen-bond acceptors (Lipinski definition) is 4. The van der Waals surface area contributed by atoms with Crippen LogP contribution in [0.1, 0.15) is 23.4 Å². The number of carbonyl (C=O) groups excluding carboxylic acids is 1. The molecule has 1 aliphatic rings. The van der Waals surface area contributed by atoms with Gasteiger partial charge in [-0.25, -0.2) is 0 Å². The summed E-state index contributed by atoms with van der Waals surface area (Å²) in [6, 6.07) is 12.0. The van der Waals surface area contributed by atoms with Crippen molar-refractivity contribution >= 4 is 17.7 Å². The third-order valence-corrected chi connectivity index (χ3v) is 5.41. The predicted molar refractivity (Wildman–Crippen MR) is 92.4 cm³/mol. The molecular weight excluding hydrogens is 308 g/mol. The van der Waals surface area contributed by atoms with Crippen molar-refractivity contribution < 1.29 is 9.53 Å². The van der Waals surface area contributed by atoms with Crippen LogP contribution in [0.4, 0.5) is 0 Å². The summed E-state index contributed by atoms with van der Waals surface area (Å²) in [6.07, 6.45) is 4.44. The Morgan fingerprint density at radius 2 is 2.04 bits per heavy atom. The molecule has 1 fully saturated rings. The molecule has 1 saturated heterocycles. The van der Waals surface area contributed by atoms with Gasteiger partial charge in [-0.2, -0.15) is 0 Å². The maximum atomic E-state index is 12.5. The van der Waals surface area contributed by atoms with E-state index >= 15 is 0 Å². The quantitative estimate of drug-likeness (QED) is 0.844. The molecule has 5 heteroatoms. The van der Waals surface area contributed by atoms with Crippen LogP contribution in [0.25, 0.3) is 0 Å². The molecule has 0 N–H and O–H groups in total. The number of pyridine rings is 1. The summed E-state index contributed by atoms with van der Waals surface area (Å²) >= 11 is 1.69. The molecule has 0 saturated carbocycles. The number of rotatable bonds is 5. The molecule has 120 valence electrons. The molecule has 1 aliphatic heterocycles. The molecule has 0 spiro atoms. The van der Waals surface area contributed by atoms with Crippen LogP contribution in [0.2, 0.25) is 0 Å². The highest BCUT2D eigenvalue weighted by atomic mass is 32.2. The van der Waals surface area contributed by atoms with Gasteiger partial charge >= 0.3 is 0 Å². The number of nitrogens with zero attached hydrogens (tertiary/aromatic N) is 2. The van der Waals surface area contributed by atoms with Crippen molar-refractivity contribution in [2.45, 2.75) is 24.0 Å². The fraction of sp³-hybridized carbons (Fsp3) is 0.333. The van der Waals surface area contributed by atoms with Gasteiger partial charge in [0, 0.05) is 24.5 Å². The Bertz CT molecular complexity index is 660. The third kappa shape index (κ3) is 3.50. The summed E-state index contributed by atoms with van der Waals surface area (Å²) in [7, 11) is 1.66. The second kappa shape index (κ2) is 7.04. The number of aromatic nitrogens is 1. The number of carbonyl (C=O) groups is 1. The minimum atomic E-state index is -0.00364. The Morgan fingerprint density at radius 3 is 2.70 bits per heavy atom. The zero-order valence-electron chi connectivity index (χ0n) is 13.3. The Hall–Kier alpha value is -2.01. The summed E-state index contributed by atoms with van der Waals surface area (Å²) in [5.41, 5.74) is 2.29. The van der Waals surface area contributed by atoms with Crippen molar-refractivity contribution in [1.29, 1.82) is 0 Å². The standard InChI is InChI=1S/C18H20N2O2S/c1-13-17(21)20(18(23-13)15-4-3-10-19-12-15)11-9-14-5-7-16(22-2)8-6-14/h3-8,10,12-13,18H,9,11H2,1-2H3/t13-,18+/m1/s1. The molecule has 1 amide bonds. The Balaban J connectivity index is 1.72. The summed E-state index contributed by atoms with van der Waals surface area (Å²) in [5.74, 6) is 1.06. The lowest BCUT2D eigenvalue weighted by Crippen LogP contribution is -2.32. The van der Waals surface area contributed by atoms with E-state index in [1.54, 1.807) is 25.1 Å². The second-order valence-electron chi connectivity index (χ2n) is 5.55. The van der Waals surface area contributed by atoms with Crippen LogP contribution in [0.3, 0.4) is 0 Å². The Labute approximate surface area is 140 Å². The van der Waals surface area contributed by atoms with Crippen molar-refractivity contribution in [2.75, 3.05) is 13.7 Å². The highest BCUT2D eigenvalue weighted by molar-refractivity contribution is 8.01. The fourth-order valence-electron chi connectivity index (χ4n) is 2.72. The van der Waals surface area contributed by atoms with Crippen LogP contribution in [0.5, 0.6) is 5.75 Å². The third-order valence-electron chi connectivity index (χ3n) is 4.02. The molecule has 0 unspecified atom stereocenters. The van der Waals surface area contributed by atoms with Crippen LogP contribution in [0.15, 0.2) is 48.8 Å². The minimum Gasteiger partial charge on any atom is -0.497 e. The molecule has 4 nitrogen and oxygen atoms in total. The van der Waals surface area contributed by atoms with Crippen LogP contribution in [0, 0.1) is 0 Å². The topological polar surface area (TPSA) is 42.4 Å². The first-order valence-electron chi connectivity index (χ1n) is 7.68. The van der Waals surface area contributed by atoms with Crippen LogP contribution >= 0.6 is 11.8 Å². The zero-order chi connectivity index (χ0) is 16.2. The molecular formula is C18H20N2O2S. The highest BCUT2D eigenvalue weighted by Crippen LogP contribution is 2.42. The number of hydrogen-bond donors (Lipinski definition) is 0. The van der Waals surface area contributed by atoms with Gasteiger partial charge in [0.25, 0.3) is 0 Å². The molecule has 0 aliphatic carbocycles. The maximum absolute atomic E-state index is 12.5. The van der Waals surface area contributed by atoms with E-state index in [0.29, 0.717) is 6.54 Å². The Kier molecular flexibility index (Phi) is 4.86. The molecule has 2 heterocycles. The van der Waals surface area contributed by atoms with Crippen molar-refractivity contribution in [2.24, 2.45) is 0 Å². The van der Waals surface area contributed by atoms with Gasteiger partial charge in [-0.05, 0) is 37.1 Å². The largest absolute Gasteiger partial charge is 0.497 e. The number of methoxy groups -OCH3 is 1. The van der Waals surface area contributed by atoms with Gasteiger partial charge in [-0.3, -0.25) is 9.78 Å². The van der Waals surface area contributed by atoms with Crippen LogP contribution < -0.4 is 4.74 Å². The van der Waals surface area contributed by atoms with E-state index in [0.717, 1.165) is 17.7 Å². The predicted octanol–water partition coefficient (Wildman–Crippen LogP) is 3.30. The number of ether oxygens (including phenoxy) is 1. The van der Waals surface area contributed by atoms with Gasteiger partial charge in [0.2, 0.25) is 5.91 Å². The van der Waals surface area contributed by atoms with E-state index in [4.69, 9.17) is 4.74 Å². The monoisotopic (exact) mass is 328 g/mol. The number of benzene rings is 1. The average molecular weight is 328 g/mol. The summed E-state index contributed by atoms with van der Waals surface area (Å²) in [6.45, 7) is 2.69. The molecule has 0 bridgehead atoms. The lowest BCUT2D eigenvalue weighted by Gasteiger charge is -2.24. The van der Waals surface area contributed by atoms with Gasteiger partial charge in [0.05, 0.1) is 12.4 Å². The highest BCUT2D eigenvalue weighted by Gasteiger charge is 2.38. The van der Waals surface area contributed by atoms with E-state index in [2.05, 4.69) is 17.1 Å². The normalized spacial score (nSPS) is 20.8. The smallest absolute Gasteiger partial charge is 0.236 e. The SMILES string of the molecule is COc1ccc(CCN2C(=O)[C@@H](C)S[C@H]2c2cccnc2)cc1. The van der Waals surface area contributed by atoms with Crippen LogP contribution in [-0.4, -0.2) is 34.7 Å². The lowest BCUT2D eigenvalue weighted by atomic mass is 10.1. The molecule has 1 aromatic heterocycles. The summed E-state index contributed by atoms with van der Waals surface area (Å²) < 4.78 is 5.18. The fourth-order valence-corrected chi connectivity index (χ4v) is 4.02. The molecule has 0 radical (unpaired) electrons. The maximum Gasteiger partial charge on any atom is 0.236 e. The summed E-state index contributed by atoms with van der Waals surface area (Å²) in [4.78, 5) is 18.6. The van der Waals surface area contributed by atoms with Gasteiger partial charge in [-0.15, -0.1) is 11.8 Å². The first-order chi connectivity index (χ1) is 11.2. The van der Waals surface area contributed by atoms with Crippen molar-refractivity contribution in [3.05, 3.63) is 59.9 Å². The van der Waals surface area contributed by atoms with E-state index in [9.17, 15) is 4.79 Å². The minimum absolute atomic E-state index is 0.00364. The van der Waals surface area contributed by atoms with E-state index < -0.39 is 0 Å². The molecule has 2 atom stereocenters. The average Bonchev–Trinajstić information content (AvgIpc) is 2.89. The number of amides is 1. The second-order valence-corrected chi connectivity index (χ2v) is 6.97. The van der Waals surface area contributed by atoms with Crippen molar-refractivity contribution in [1.82, 2.24) is 9.88 Å². The van der Waals surface area contributed by atoms with Crippen molar-refractivity contribution in [3.63, 3.8) is 0 Å². The van der Waals surface area contributed by atoms with Crippen LogP contribution in [-0.2, 0) is 11.2 Å². The first-order valence-corrected chi connectivity index (χ1v) is 8.62. The van der Waals surface area contributed by atoms with Gasteiger partial charge in [-0.1, -0.05) is 18.2 Å². The molecule has 2 aromatic rings. The van der Waals surface area contributed by atoms with Gasteiger partial charge < -0.3 is 9.64 Å². The first kappa shape index (κ1) is 15.9. The van der Waals surface area contributed by atoms with E-state index in [1.807, 2.05) is 42.3 Å². The van der Waals surface area contributed by atoms with Crippen molar-refractivity contribution in [3.8, 4) is 5.75 Å².